The number of fused-ring (bicyclic) bond motifs is 3. The van der Waals surface area contributed by atoms with E-state index in [4.69, 9.17) is 51.2 Å². The number of aliphatic hydroxyl groups is 1. The van der Waals surface area contributed by atoms with Crippen molar-refractivity contribution >= 4 is 30.9 Å². The van der Waals surface area contributed by atoms with Gasteiger partial charge in [0.2, 0.25) is 0 Å². The number of likely N-dealkylation sites (N-methyl/N-ethyl adjacent to an activating group) is 1. The Morgan fingerprint density at radius 2 is 1.34 bits per heavy atom. The molecule has 4 rings (SSSR count). The first-order valence-electron chi connectivity index (χ1n) is 28.8. The summed E-state index contributed by atoms with van der Waals surface area (Å²) in [6, 6.07) is -0.903. The first-order valence-corrected chi connectivity index (χ1v) is 37.5. The third kappa shape index (κ3) is 17.8. The van der Waals surface area contributed by atoms with Crippen LogP contribution in [0.4, 0.5) is 0 Å². The van der Waals surface area contributed by atoms with Crippen molar-refractivity contribution in [2.45, 2.75) is 295 Å². The van der Waals surface area contributed by atoms with Crippen LogP contribution >= 0.6 is 0 Å². The summed E-state index contributed by atoms with van der Waals surface area (Å²) in [5.74, 6) is -0.340. The van der Waals surface area contributed by atoms with Gasteiger partial charge in [0.1, 0.15) is 36.7 Å². The maximum absolute atomic E-state index is 15.2. The van der Waals surface area contributed by atoms with Crippen molar-refractivity contribution in [1.29, 1.82) is 0 Å². The molecule has 1 unspecified atom stereocenters. The lowest BCUT2D eigenvalue weighted by molar-refractivity contribution is -0.879. The molecule has 0 saturated carbocycles. The number of hydrogen-bond acceptors (Lipinski definition) is 14. The van der Waals surface area contributed by atoms with E-state index in [9.17, 15) is 9.90 Å². The van der Waals surface area contributed by atoms with Gasteiger partial charge in [0.25, 0.3) is 0 Å². The van der Waals surface area contributed by atoms with Gasteiger partial charge in [-0.2, -0.15) is 0 Å². The number of rotatable bonds is 16. The maximum Gasteiger partial charge on any atom is 0.308 e. The fourth-order valence-electron chi connectivity index (χ4n) is 10.2. The van der Waals surface area contributed by atoms with E-state index in [-0.39, 0.29) is 45.9 Å². The quantitative estimate of drug-likeness (QED) is 0.0672. The Kier molecular flexibility index (Phi) is 23.2. The Morgan fingerprint density at radius 1 is 0.763 bits per heavy atom. The molecule has 0 aromatic rings. The van der Waals surface area contributed by atoms with Crippen LogP contribution in [0.15, 0.2) is 24.3 Å². The predicted octanol–water partition coefficient (Wildman–Crippen LogP) is 12.2. The third-order valence-corrected chi connectivity index (χ3v) is 31.4. The largest absolute Gasteiger partial charge is 0.633 e. The van der Waals surface area contributed by atoms with Gasteiger partial charge in [-0.3, -0.25) is 4.79 Å². The standard InChI is InChI=1S/C58H111NO14Si3/c1-37(2)31-32-64-53-41(6)66-47(36-58(53,16)61)69-49-40(5)67-54(52(48(49)59(17,18)62)73-76(24,25)57(13,14)15)70-50-42-33-38(3)43(71-74(20,21)55(7,8)9)30-28-26-27-29-39(4)65-45(60)35-44(51(50)63-19)68-46(34-42)72-75(22,23)56(10,11)12/h26-28,30,37-44,46-54,61H,29,31-36H2,1-25H3/b27-26+,30-28+/t38-,39-,40+,41-,42-,43+,44-,46?,47-,48-,49+,50+,51+,52+,53-,54-,58+/m1/s1. The second-order valence-corrected chi connectivity index (χ2v) is 43.0. The summed E-state index contributed by atoms with van der Waals surface area (Å²) in [4.78, 5) is 14.1. The van der Waals surface area contributed by atoms with Crippen LogP contribution in [0.2, 0.25) is 54.4 Å². The molecule has 3 saturated heterocycles. The van der Waals surface area contributed by atoms with E-state index < -0.39 is 121 Å². The monoisotopic (exact) mass is 1130 g/mol. The summed E-state index contributed by atoms with van der Waals surface area (Å²) in [5.41, 5.74) is -1.29. The summed E-state index contributed by atoms with van der Waals surface area (Å²) in [7, 11) is -2.69. The number of quaternary nitrogens is 1. The van der Waals surface area contributed by atoms with Gasteiger partial charge in [0.05, 0.1) is 56.6 Å². The molecule has 1 N–H and O–H groups in total. The number of hydrogen-bond donors (Lipinski definition) is 1. The SMILES string of the molecule is CO[C@@H]1[C@@H](O[C@H]2O[C@@H](C)[C@H](O[C@@H]3C[C@](C)(O)[C@H](OCCC(C)C)[C@@H](C)O3)[C@@H]([N+](C)(C)[O-])[C@@H]2O[Si](C)(C)C(C)(C)C)[C@H]2CC(O[Si](C)(C)C(C)(C)C)O[C@@H]1CC(=O)O[C@H](C)C/C=C/C=C/[C@H](O[Si](C)(C)C(C)(C)C)[C@H](C)C2. The van der Waals surface area contributed by atoms with E-state index >= 15 is 5.21 Å². The third-order valence-electron chi connectivity index (χ3n) is 18.0. The van der Waals surface area contributed by atoms with Gasteiger partial charge < -0.3 is 66.1 Å². The number of carbonyl (C=O) groups excluding carboxylic acids is 1. The summed E-state index contributed by atoms with van der Waals surface area (Å²) >= 11 is 0. The second kappa shape index (κ2) is 26.1. The van der Waals surface area contributed by atoms with Gasteiger partial charge in [-0.1, -0.05) is 107 Å². The Balaban J connectivity index is 1.94. The van der Waals surface area contributed by atoms with Crippen molar-refractivity contribution in [3.05, 3.63) is 29.5 Å². The van der Waals surface area contributed by atoms with Crippen LogP contribution < -0.4 is 0 Å². The van der Waals surface area contributed by atoms with Gasteiger partial charge in [0.15, 0.2) is 43.6 Å². The van der Waals surface area contributed by atoms with Crippen molar-refractivity contribution < 1.29 is 65.7 Å². The molecule has 2 bridgehead atoms. The fraction of sp³-hybridized carbons (Fsp3) is 0.914. The number of allylic oxidation sites excluding steroid dienone is 2. The first kappa shape index (κ1) is 67.6. The molecule has 444 valence electrons. The van der Waals surface area contributed by atoms with E-state index in [0.717, 1.165) is 6.42 Å². The molecular weight excluding hydrogens is 1020 g/mol. The number of nitrogens with zero attached hydrogens (tertiary/aromatic N) is 1. The van der Waals surface area contributed by atoms with Crippen molar-refractivity contribution in [2.75, 3.05) is 27.8 Å². The Hall–Kier alpha value is -0.919. The molecule has 15 nitrogen and oxygen atoms in total. The molecular formula is C58H111NO14Si3. The number of hydroxylamine groups is 3. The minimum absolute atomic E-state index is 0.0437. The molecule has 4 heterocycles. The molecule has 3 fully saturated rings. The minimum atomic E-state index is -2.75. The second-order valence-electron chi connectivity index (χ2n) is 28.8. The molecule has 0 aromatic carbocycles. The summed E-state index contributed by atoms with van der Waals surface area (Å²) in [5, 5.41) is 26.6. The Labute approximate surface area is 465 Å². The van der Waals surface area contributed by atoms with E-state index in [1.54, 1.807) is 28.1 Å². The van der Waals surface area contributed by atoms with Gasteiger partial charge >= 0.3 is 5.97 Å². The van der Waals surface area contributed by atoms with E-state index in [0.29, 0.717) is 31.8 Å². The predicted molar refractivity (Wildman–Crippen MR) is 309 cm³/mol. The van der Waals surface area contributed by atoms with Crippen LogP contribution in [-0.2, 0) is 56.0 Å². The van der Waals surface area contributed by atoms with Crippen molar-refractivity contribution in [1.82, 2.24) is 0 Å². The van der Waals surface area contributed by atoms with E-state index in [2.05, 4.69) is 135 Å². The molecule has 0 spiro atoms. The van der Waals surface area contributed by atoms with Gasteiger partial charge in [0, 0.05) is 33.0 Å². The number of carbonyl (C=O) groups is 1. The number of cyclic esters (lactones) is 1. The summed E-state index contributed by atoms with van der Waals surface area (Å²) < 4.78 is 75.5. The van der Waals surface area contributed by atoms with E-state index in [1.165, 1.54) is 0 Å². The lowest BCUT2D eigenvalue weighted by Crippen LogP contribution is -2.71. The number of ether oxygens (including phenoxy) is 8. The maximum atomic E-state index is 15.2. The fourth-order valence-corrected chi connectivity index (χ4v) is 14.0. The van der Waals surface area contributed by atoms with Gasteiger partial charge in [-0.15, -0.1) is 0 Å². The average molecular weight is 1130 g/mol. The van der Waals surface area contributed by atoms with Crippen LogP contribution in [-0.4, -0.2) is 160 Å². The highest BCUT2D eigenvalue weighted by molar-refractivity contribution is 6.75. The highest BCUT2D eigenvalue weighted by Gasteiger charge is 2.59. The van der Waals surface area contributed by atoms with Crippen LogP contribution in [0.3, 0.4) is 0 Å². The number of esters is 1. The average Bonchev–Trinajstić information content (AvgIpc) is 3.34. The molecule has 17 atom stereocenters. The zero-order valence-electron chi connectivity index (χ0n) is 52.3. The van der Waals surface area contributed by atoms with Crippen molar-refractivity contribution in [3.63, 3.8) is 0 Å². The molecule has 76 heavy (non-hydrogen) atoms. The Morgan fingerprint density at radius 3 is 1.88 bits per heavy atom. The zero-order chi connectivity index (χ0) is 57.9. The highest BCUT2D eigenvalue weighted by atomic mass is 28.4. The van der Waals surface area contributed by atoms with Crippen LogP contribution in [0.5, 0.6) is 0 Å². The van der Waals surface area contributed by atoms with Crippen molar-refractivity contribution in [2.24, 2.45) is 17.8 Å². The van der Waals surface area contributed by atoms with Crippen LogP contribution in [0.25, 0.3) is 0 Å². The Bertz CT molecular complexity index is 1890. The molecule has 0 radical (unpaired) electrons. The normalized spacial score (nSPS) is 37.4. The molecule has 0 amide bonds. The molecule has 4 aliphatic heterocycles. The van der Waals surface area contributed by atoms with Crippen LogP contribution in [0.1, 0.15) is 149 Å². The summed E-state index contributed by atoms with van der Waals surface area (Å²) in [6.45, 7) is 47.7. The highest BCUT2D eigenvalue weighted by Crippen LogP contribution is 2.47. The molecule has 4 aliphatic rings. The van der Waals surface area contributed by atoms with E-state index in [1.807, 2.05) is 32.9 Å². The molecule has 18 heteroatoms. The lowest BCUT2D eigenvalue weighted by Gasteiger charge is -2.57. The first-order chi connectivity index (χ1) is 34.5. The van der Waals surface area contributed by atoms with Crippen LogP contribution in [0, 0.1) is 23.0 Å². The van der Waals surface area contributed by atoms with Gasteiger partial charge in [-0.05, 0) is 113 Å². The minimum Gasteiger partial charge on any atom is -0.633 e. The molecule has 0 aromatic heterocycles. The molecule has 0 aliphatic carbocycles. The number of methoxy groups -OCH3 is 1. The van der Waals surface area contributed by atoms with Gasteiger partial charge in [-0.25, -0.2) is 0 Å². The smallest absolute Gasteiger partial charge is 0.308 e. The van der Waals surface area contributed by atoms with Crippen molar-refractivity contribution in [3.8, 4) is 0 Å². The zero-order valence-corrected chi connectivity index (χ0v) is 55.3. The lowest BCUT2D eigenvalue weighted by atomic mass is 9.83. The topological polar surface area (TPSA) is 162 Å². The summed E-state index contributed by atoms with van der Waals surface area (Å²) in [6.07, 6.45) is 1.13.